The van der Waals surface area contributed by atoms with E-state index in [1.807, 2.05) is 30.3 Å². The minimum absolute atomic E-state index is 0.0493. The Labute approximate surface area is 119 Å². The van der Waals surface area contributed by atoms with Crippen LogP contribution in [0.3, 0.4) is 0 Å². The van der Waals surface area contributed by atoms with E-state index in [2.05, 4.69) is 5.32 Å². The first-order chi connectivity index (χ1) is 9.75. The smallest absolute Gasteiger partial charge is 0.292 e. The molecule has 2 N–H and O–H groups in total. The molecular formula is C16H21N2O2+. The zero-order valence-electron chi connectivity index (χ0n) is 11.6. The van der Waals surface area contributed by atoms with Crippen LogP contribution in [0.5, 0.6) is 0 Å². The molecular weight excluding hydrogens is 252 g/mol. The first-order valence-corrected chi connectivity index (χ1v) is 7.52. The number of para-hydroxylation sites is 1. The standard InChI is InChI=1S/C16H20N2O2/c19-15-11-14(17-12-7-3-1-4-8-12)16(20)18(15)13-9-5-2-6-10-13/h2,5-6,9-10,12,14,17H,1,3-4,7-8,11H2/p+1/t14-/m0/s1. The Morgan fingerprint density at radius 3 is 2.40 bits per heavy atom. The first-order valence-electron chi connectivity index (χ1n) is 7.52. The van der Waals surface area contributed by atoms with Crippen molar-refractivity contribution < 1.29 is 14.9 Å². The Hall–Kier alpha value is -1.68. The predicted octanol–water partition coefficient (Wildman–Crippen LogP) is 1.21. The lowest BCUT2D eigenvalue weighted by atomic mass is 9.95. The summed E-state index contributed by atoms with van der Waals surface area (Å²) < 4.78 is 0. The summed E-state index contributed by atoms with van der Waals surface area (Å²) in [7, 11) is 0. The van der Waals surface area contributed by atoms with Gasteiger partial charge in [0.15, 0.2) is 6.04 Å². The summed E-state index contributed by atoms with van der Waals surface area (Å²) in [6, 6.07) is 9.53. The van der Waals surface area contributed by atoms with Crippen molar-refractivity contribution in [3.8, 4) is 0 Å². The Balaban J connectivity index is 1.70. The van der Waals surface area contributed by atoms with Gasteiger partial charge in [-0.15, -0.1) is 0 Å². The molecule has 1 aliphatic carbocycles. The highest BCUT2D eigenvalue weighted by Crippen LogP contribution is 2.22. The molecule has 1 aromatic rings. The van der Waals surface area contributed by atoms with Gasteiger partial charge in [0.1, 0.15) is 0 Å². The van der Waals surface area contributed by atoms with Crippen LogP contribution in [0.25, 0.3) is 0 Å². The zero-order chi connectivity index (χ0) is 13.9. The van der Waals surface area contributed by atoms with Crippen molar-refractivity contribution in [2.75, 3.05) is 4.90 Å². The summed E-state index contributed by atoms with van der Waals surface area (Å²) in [5.41, 5.74) is 0.696. The van der Waals surface area contributed by atoms with E-state index in [0.717, 1.165) is 0 Å². The third-order valence-electron chi connectivity index (χ3n) is 4.35. The van der Waals surface area contributed by atoms with Crippen LogP contribution < -0.4 is 10.2 Å². The van der Waals surface area contributed by atoms with Gasteiger partial charge in [0.2, 0.25) is 5.91 Å². The molecule has 1 saturated carbocycles. The highest BCUT2D eigenvalue weighted by atomic mass is 16.2. The summed E-state index contributed by atoms with van der Waals surface area (Å²) in [6.45, 7) is 0. The van der Waals surface area contributed by atoms with Gasteiger partial charge in [0.25, 0.3) is 5.91 Å². The van der Waals surface area contributed by atoms with E-state index in [-0.39, 0.29) is 17.9 Å². The number of imide groups is 1. The van der Waals surface area contributed by atoms with Gasteiger partial charge in [-0.05, 0) is 37.8 Å². The topological polar surface area (TPSA) is 54.0 Å². The molecule has 2 amide bonds. The molecule has 20 heavy (non-hydrogen) atoms. The second kappa shape index (κ2) is 5.75. The summed E-state index contributed by atoms with van der Waals surface area (Å²) >= 11 is 0. The van der Waals surface area contributed by atoms with Crippen molar-refractivity contribution >= 4 is 17.5 Å². The molecule has 106 valence electrons. The van der Waals surface area contributed by atoms with Gasteiger partial charge in [-0.3, -0.25) is 9.59 Å². The zero-order valence-corrected chi connectivity index (χ0v) is 11.6. The summed E-state index contributed by atoms with van der Waals surface area (Å²) in [6.07, 6.45) is 6.48. The van der Waals surface area contributed by atoms with Gasteiger partial charge in [-0.1, -0.05) is 24.6 Å². The lowest BCUT2D eigenvalue weighted by Crippen LogP contribution is -2.96. The van der Waals surface area contributed by atoms with E-state index in [1.165, 1.54) is 37.0 Å². The van der Waals surface area contributed by atoms with E-state index >= 15 is 0 Å². The number of amides is 2. The number of nitrogens with two attached hydrogens (primary N) is 1. The molecule has 4 nitrogen and oxygen atoms in total. The van der Waals surface area contributed by atoms with Gasteiger partial charge < -0.3 is 5.32 Å². The Morgan fingerprint density at radius 1 is 1.00 bits per heavy atom. The molecule has 0 radical (unpaired) electrons. The Morgan fingerprint density at radius 2 is 1.70 bits per heavy atom. The number of carbonyl (C=O) groups is 2. The number of carbonyl (C=O) groups excluding carboxylic acids is 2. The molecule has 0 bridgehead atoms. The minimum Gasteiger partial charge on any atom is -0.333 e. The lowest BCUT2D eigenvalue weighted by Gasteiger charge is -2.22. The number of nitrogens with zero attached hydrogens (tertiary/aromatic N) is 1. The second-order valence-corrected chi connectivity index (χ2v) is 5.80. The van der Waals surface area contributed by atoms with Gasteiger partial charge in [-0.2, -0.15) is 0 Å². The molecule has 0 spiro atoms. The van der Waals surface area contributed by atoms with E-state index in [1.54, 1.807) is 0 Å². The second-order valence-electron chi connectivity index (χ2n) is 5.80. The first kappa shape index (κ1) is 13.3. The molecule has 4 heteroatoms. The van der Waals surface area contributed by atoms with Crippen LogP contribution in [0.1, 0.15) is 38.5 Å². The van der Waals surface area contributed by atoms with Crippen molar-refractivity contribution in [3.63, 3.8) is 0 Å². The summed E-state index contributed by atoms with van der Waals surface area (Å²) in [5, 5.41) is 2.14. The molecule has 1 heterocycles. The fourth-order valence-electron chi connectivity index (χ4n) is 3.31. The number of rotatable bonds is 3. The maximum absolute atomic E-state index is 12.5. The van der Waals surface area contributed by atoms with Crippen LogP contribution in [-0.4, -0.2) is 23.9 Å². The molecule has 2 aliphatic rings. The van der Waals surface area contributed by atoms with E-state index in [4.69, 9.17) is 0 Å². The quantitative estimate of drug-likeness (QED) is 0.842. The normalized spacial score (nSPS) is 24.4. The van der Waals surface area contributed by atoms with Crippen molar-refractivity contribution in [2.45, 2.75) is 50.6 Å². The monoisotopic (exact) mass is 273 g/mol. The number of hydrogen-bond acceptors (Lipinski definition) is 2. The highest BCUT2D eigenvalue weighted by molar-refractivity contribution is 6.21. The maximum Gasteiger partial charge on any atom is 0.292 e. The van der Waals surface area contributed by atoms with Crippen LogP contribution >= 0.6 is 0 Å². The van der Waals surface area contributed by atoms with Crippen LogP contribution in [0.2, 0.25) is 0 Å². The van der Waals surface area contributed by atoms with Gasteiger partial charge >= 0.3 is 0 Å². The average molecular weight is 273 g/mol. The van der Waals surface area contributed by atoms with E-state index < -0.39 is 0 Å². The Kier molecular flexibility index (Phi) is 3.83. The summed E-state index contributed by atoms with van der Waals surface area (Å²) in [5.74, 6) is -0.120. The number of benzene rings is 1. The molecule has 0 unspecified atom stereocenters. The SMILES string of the molecule is O=C1C[C@H]([NH2+]C2CCCCC2)C(=O)N1c1ccccc1. The van der Waals surface area contributed by atoms with Gasteiger partial charge in [0.05, 0.1) is 18.2 Å². The number of hydrogen-bond donors (Lipinski definition) is 1. The highest BCUT2D eigenvalue weighted by Gasteiger charge is 2.43. The van der Waals surface area contributed by atoms with Crippen LogP contribution in [0.4, 0.5) is 5.69 Å². The summed E-state index contributed by atoms with van der Waals surface area (Å²) in [4.78, 5) is 25.9. The number of quaternary nitrogens is 1. The average Bonchev–Trinajstić information content (AvgIpc) is 2.75. The van der Waals surface area contributed by atoms with Crippen molar-refractivity contribution in [2.24, 2.45) is 0 Å². The molecule has 1 atom stereocenters. The lowest BCUT2D eigenvalue weighted by molar-refractivity contribution is -0.710. The van der Waals surface area contributed by atoms with Crippen LogP contribution in [-0.2, 0) is 9.59 Å². The molecule has 1 aromatic carbocycles. The minimum atomic E-state index is -0.217. The molecule has 1 aliphatic heterocycles. The van der Waals surface area contributed by atoms with Crippen molar-refractivity contribution in [1.29, 1.82) is 0 Å². The van der Waals surface area contributed by atoms with E-state index in [0.29, 0.717) is 18.2 Å². The van der Waals surface area contributed by atoms with Crippen LogP contribution in [0.15, 0.2) is 30.3 Å². The molecule has 2 fully saturated rings. The fraction of sp³-hybridized carbons (Fsp3) is 0.500. The maximum atomic E-state index is 12.5. The van der Waals surface area contributed by atoms with Crippen LogP contribution in [0, 0.1) is 0 Å². The molecule has 3 rings (SSSR count). The molecule has 1 saturated heterocycles. The Bertz CT molecular complexity index is 494. The van der Waals surface area contributed by atoms with Gasteiger partial charge in [-0.25, -0.2) is 4.90 Å². The van der Waals surface area contributed by atoms with Crippen molar-refractivity contribution in [3.05, 3.63) is 30.3 Å². The molecule has 0 aromatic heterocycles. The fourth-order valence-corrected chi connectivity index (χ4v) is 3.31. The number of anilines is 1. The third kappa shape index (κ3) is 2.61. The largest absolute Gasteiger partial charge is 0.333 e. The van der Waals surface area contributed by atoms with Gasteiger partial charge in [0, 0.05) is 0 Å². The third-order valence-corrected chi connectivity index (χ3v) is 4.35. The van der Waals surface area contributed by atoms with Crippen molar-refractivity contribution in [1.82, 2.24) is 0 Å². The van der Waals surface area contributed by atoms with E-state index in [9.17, 15) is 9.59 Å². The predicted molar refractivity (Wildman–Crippen MR) is 76.1 cm³/mol.